The Morgan fingerprint density at radius 2 is 2.12 bits per heavy atom. The van der Waals surface area contributed by atoms with E-state index in [0.717, 1.165) is 10.9 Å². The molecule has 0 spiro atoms. The van der Waals surface area contributed by atoms with Gasteiger partial charge in [-0.3, -0.25) is 10.1 Å². The van der Waals surface area contributed by atoms with E-state index in [9.17, 15) is 4.79 Å². The molecule has 0 aliphatic rings. The van der Waals surface area contributed by atoms with Crippen molar-refractivity contribution in [3.8, 4) is 11.8 Å². The predicted molar refractivity (Wildman–Crippen MR) is 105 cm³/mol. The molecule has 128 valence electrons. The molecule has 0 unspecified atom stereocenters. The molecule has 5 nitrogen and oxygen atoms in total. The lowest BCUT2D eigenvalue weighted by Gasteiger charge is -2.13. The summed E-state index contributed by atoms with van der Waals surface area (Å²) in [5.41, 5.74) is 1.51. The second kappa shape index (κ2) is 9.16. The van der Waals surface area contributed by atoms with Gasteiger partial charge < -0.3 is 10.1 Å². The molecule has 0 atom stereocenters. The first-order valence-corrected chi connectivity index (χ1v) is 8.78. The van der Waals surface area contributed by atoms with Crippen molar-refractivity contribution < 1.29 is 9.53 Å². The summed E-state index contributed by atoms with van der Waals surface area (Å²) >= 11 is 8.53. The van der Waals surface area contributed by atoms with E-state index < -0.39 is 0 Å². The van der Waals surface area contributed by atoms with Crippen molar-refractivity contribution in [2.75, 3.05) is 11.9 Å². The Morgan fingerprint density at radius 1 is 1.32 bits per heavy atom. The van der Waals surface area contributed by atoms with Crippen LogP contribution in [0.5, 0.6) is 5.75 Å². The highest BCUT2D eigenvalue weighted by Crippen LogP contribution is 2.23. The van der Waals surface area contributed by atoms with Gasteiger partial charge in [0.25, 0.3) is 5.91 Å². The van der Waals surface area contributed by atoms with Crippen LogP contribution in [0.15, 0.2) is 46.9 Å². The molecular formula is C18H16BrN3O2S. The van der Waals surface area contributed by atoms with Crippen molar-refractivity contribution >= 4 is 44.9 Å². The third kappa shape index (κ3) is 5.55. The van der Waals surface area contributed by atoms with Crippen LogP contribution in [0.4, 0.5) is 5.69 Å². The van der Waals surface area contributed by atoms with Crippen molar-refractivity contribution in [3.63, 3.8) is 0 Å². The lowest BCUT2D eigenvalue weighted by molar-refractivity contribution is 0.0973. The molecule has 0 radical (unpaired) electrons. The summed E-state index contributed by atoms with van der Waals surface area (Å²) in [5.74, 6) is 0.123. The first kappa shape index (κ1) is 18.9. The fraction of sp³-hybridized carbons (Fsp3) is 0.167. The van der Waals surface area contributed by atoms with Crippen LogP contribution in [0.1, 0.15) is 29.3 Å². The summed E-state index contributed by atoms with van der Waals surface area (Å²) < 4.78 is 6.38. The SMILES string of the molecule is CCCOc1ccc(Br)cc1C(=O)NC(=S)Nc1cccc(C#N)c1. The van der Waals surface area contributed by atoms with Crippen molar-refractivity contribution in [1.82, 2.24) is 5.32 Å². The standard InChI is InChI=1S/C18H16BrN3O2S/c1-2-8-24-16-7-6-13(19)10-15(16)17(23)22-18(25)21-14-5-3-4-12(9-14)11-20/h3-7,9-10H,2,8H2,1H3,(H2,21,22,23,25). The molecule has 0 bridgehead atoms. The summed E-state index contributed by atoms with van der Waals surface area (Å²) in [7, 11) is 0. The van der Waals surface area contributed by atoms with Gasteiger partial charge in [0.15, 0.2) is 5.11 Å². The van der Waals surface area contributed by atoms with Crippen molar-refractivity contribution in [2.24, 2.45) is 0 Å². The van der Waals surface area contributed by atoms with E-state index in [-0.39, 0.29) is 11.0 Å². The number of halogens is 1. The molecule has 1 amide bonds. The fourth-order valence-corrected chi connectivity index (χ4v) is 2.59. The minimum absolute atomic E-state index is 0.140. The zero-order valence-corrected chi connectivity index (χ0v) is 15.9. The van der Waals surface area contributed by atoms with Crippen LogP contribution in [0.3, 0.4) is 0 Å². The number of carbonyl (C=O) groups excluding carboxylic acids is 1. The first-order valence-electron chi connectivity index (χ1n) is 7.58. The van der Waals surface area contributed by atoms with E-state index in [2.05, 4.69) is 26.6 Å². The maximum absolute atomic E-state index is 12.5. The van der Waals surface area contributed by atoms with E-state index in [1.165, 1.54) is 0 Å². The van der Waals surface area contributed by atoms with Crippen molar-refractivity contribution in [3.05, 3.63) is 58.1 Å². The number of nitrogens with one attached hydrogen (secondary N) is 2. The monoisotopic (exact) mass is 417 g/mol. The van der Waals surface area contributed by atoms with Gasteiger partial charge >= 0.3 is 0 Å². The van der Waals surface area contributed by atoms with Gasteiger partial charge in [0.2, 0.25) is 0 Å². The minimum atomic E-state index is -0.374. The van der Waals surface area contributed by atoms with Crippen molar-refractivity contribution in [1.29, 1.82) is 5.26 Å². The molecule has 2 aromatic rings. The highest BCUT2D eigenvalue weighted by atomic mass is 79.9. The Balaban J connectivity index is 2.09. The normalized spacial score (nSPS) is 9.80. The number of amides is 1. The van der Waals surface area contributed by atoms with Crippen LogP contribution in [0, 0.1) is 11.3 Å². The fourth-order valence-electron chi connectivity index (χ4n) is 2.02. The maximum atomic E-state index is 12.5. The Hall–Kier alpha value is -2.43. The van der Waals surface area contributed by atoms with E-state index >= 15 is 0 Å². The Bertz CT molecular complexity index is 833. The van der Waals surface area contributed by atoms with Gasteiger partial charge in [0.1, 0.15) is 5.75 Å². The van der Waals surface area contributed by atoms with Crippen LogP contribution in [-0.2, 0) is 0 Å². The third-order valence-electron chi connectivity index (χ3n) is 3.12. The molecule has 0 fully saturated rings. The number of nitriles is 1. The van der Waals surface area contributed by atoms with Gasteiger partial charge in [-0.15, -0.1) is 0 Å². The van der Waals surface area contributed by atoms with Gasteiger partial charge in [0, 0.05) is 10.2 Å². The number of benzene rings is 2. The van der Waals surface area contributed by atoms with E-state index in [1.54, 1.807) is 36.4 Å². The first-order chi connectivity index (χ1) is 12.0. The number of hydrogen-bond donors (Lipinski definition) is 2. The van der Waals surface area contributed by atoms with Crippen molar-refractivity contribution in [2.45, 2.75) is 13.3 Å². The largest absolute Gasteiger partial charge is 0.493 e. The van der Waals surface area contributed by atoms with E-state index in [0.29, 0.717) is 29.2 Å². The second-order valence-electron chi connectivity index (χ2n) is 5.09. The molecule has 2 rings (SSSR count). The molecule has 2 aromatic carbocycles. The Labute approximate surface area is 160 Å². The molecule has 0 heterocycles. The van der Waals surface area contributed by atoms with Crippen LogP contribution in [0.25, 0.3) is 0 Å². The number of carbonyl (C=O) groups is 1. The number of ether oxygens (including phenoxy) is 1. The molecule has 0 aromatic heterocycles. The van der Waals surface area contributed by atoms with Crippen LogP contribution >= 0.6 is 28.1 Å². The molecule has 2 N–H and O–H groups in total. The van der Waals surface area contributed by atoms with Gasteiger partial charge in [-0.1, -0.05) is 28.9 Å². The summed E-state index contributed by atoms with van der Waals surface area (Å²) in [4.78, 5) is 12.5. The second-order valence-corrected chi connectivity index (χ2v) is 6.41. The lowest BCUT2D eigenvalue weighted by Crippen LogP contribution is -2.34. The maximum Gasteiger partial charge on any atom is 0.261 e. The average molecular weight is 418 g/mol. The molecule has 25 heavy (non-hydrogen) atoms. The summed E-state index contributed by atoms with van der Waals surface area (Å²) in [5, 5.41) is 14.6. The van der Waals surface area contributed by atoms with Crippen LogP contribution in [-0.4, -0.2) is 17.6 Å². The number of nitrogens with zero attached hydrogens (tertiary/aromatic N) is 1. The van der Waals surface area contributed by atoms with Crippen LogP contribution in [0.2, 0.25) is 0 Å². The predicted octanol–water partition coefficient (Wildman–Crippen LogP) is 4.24. The van der Waals surface area contributed by atoms with Gasteiger partial charge in [0.05, 0.1) is 23.8 Å². The molecule has 0 aliphatic carbocycles. The summed E-state index contributed by atoms with van der Waals surface area (Å²) in [6, 6.07) is 14.1. The zero-order chi connectivity index (χ0) is 18.2. The Kier molecular flexibility index (Phi) is 6.92. The number of hydrogen-bond acceptors (Lipinski definition) is 4. The molecule has 0 saturated carbocycles. The quantitative estimate of drug-likeness (QED) is 0.711. The lowest BCUT2D eigenvalue weighted by atomic mass is 10.2. The third-order valence-corrected chi connectivity index (χ3v) is 3.82. The van der Waals surface area contributed by atoms with E-state index in [1.807, 2.05) is 19.1 Å². The van der Waals surface area contributed by atoms with Gasteiger partial charge in [-0.2, -0.15) is 5.26 Å². The summed E-state index contributed by atoms with van der Waals surface area (Å²) in [6.07, 6.45) is 0.840. The molecule has 0 aliphatic heterocycles. The number of thiocarbonyl (C=S) groups is 1. The zero-order valence-electron chi connectivity index (χ0n) is 13.5. The highest BCUT2D eigenvalue weighted by molar-refractivity contribution is 9.10. The smallest absolute Gasteiger partial charge is 0.261 e. The van der Waals surface area contributed by atoms with Crippen LogP contribution < -0.4 is 15.4 Å². The summed E-state index contributed by atoms with van der Waals surface area (Å²) in [6.45, 7) is 2.51. The van der Waals surface area contributed by atoms with E-state index in [4.69, 9.17) is 22.2 Å². The topological polar surface area (TPSA) is 74.2 Å². The number of anilines is 1. The number of rotatable bonds is 5. The highest BCUT2D eigenvalue weighted by Gasteiger charge is 2.15. The minimum Gasteiger partial charge on any atom is -0.493 e. The average Bonchev–Trinajstić information content (AvgIpc) is 2.60. The molecule has 0 saturated heterocycles. The van der Waals surface area contributed by atoms with Gasteiger partial charge in [-0.05, 0) is 55.0 Å². The molecule has 7 heteroatoms. The van der Waals surface area contributed by atoms with Gasteiger partial charge in [-0.25, -0.2) is 0 Å². The Morgan fingerprint density at radius 3 is 2.84 bits per heavy atom. The molecular weight excluding hydrogens is 402 g/mol.